The summed E-state index contributed by atoms with van der Waals surface area (Å²) >= 11 is 0. The summed E-state index contributed by atoms with van der Waals surface area (Å²) in [6.07, 6.45) is 1.67. The van der Waals surface area contributed by atoms with Crippen LogP contribution in [-0.4, -0.2) is 18.7 Å². The van der Waals surface area contributed by atoms with E-state index in [9.17, 15) is 9.59 Å². The minimum Gasteiger partial charge on any atom is -0.432 e. The zero-order chi connectivity index (χ0) is 15.7. The lowest BCUT2D eigenvalue weighted by Gasteiger charge is -2.07. The molecule has 0 unspecified atom stereocenters. The van der Waals surface area contributed by atoms with E-state index in [-0.39, 0.29) is 6.61 Å². The molecule has 21 heavy (non-hydrogen) atoms. The minimum atomic E-state index is -1.04. The third-order valence-electron chi connectivity index (χ3n) is 2.86. The second-order valence-corrected chi connectivity index (χ2v) is 4.59. The monoisotopic (exact) mass is 296 g/mol. The highest BCUT2D eigenvalue weighted by molar-refractivity contribution is 5.92. The van der Waals surface area contributed by atoms with Gasteiger partial charge in [0.05, 0.1) is 17.2 Å². The number of benzene rings is 1. The number of carbonyl (C=O) groups is 2. The number of hydrogen-bond donors (Lipinski definition) is 0. The molecule has 0 radical (unpaired) electrons. The summed E-state index contributed by atoms with van der Waals surface area (Å²) in [5.74, 6) is -0.732. The Bertz CT molecular complexity index is 463. The average Bonchev–Trinajstić information content (AvgIpc) is 2.43. The van der Waals surface area contributed by atoms with Gasteiger partial charge < -0.3 is 4.74 Å². The van der Waals surface area contributed by atoms with Gasteiger partial charge in [-0.3, -0.25) is 4.89 Å². The molecule has 0 saturated carbocycles. The molecule has 0 saturated heterocycles. The molecule has 0 amide bonds. The van der Waals surface area contributed by atoms with Crippen molar-refractivity contribution in [3.8, 4) is 0 Å². The van der Waals surface area contributed by atoms with Gasteiger partial charge in [-0.05, 0) is 31.4 Å². The average molecular weight is 296 g/mol. The lowest BCUT2D eigenvalue weighted by molar-refractivity contribution is -0.452. The molecule has 0 atom stereocenters. The first-order valence-electron chi connectivity index (χ1n) is 6.84. The smallest absolute Gasteiger partial charge is 0.432 e. The number of carbonyl (C=O) groups excluding carboxylic acids is 2. The van der Waals surface area contributed by atoms with Gasteiger partial charge in [-0.25, -0.2) is 14.5 Å². The molecule has 1 aromatic rings. The standard InChI is InChI=1S/C15H20O6/c1-4-5-6-10-18-15(17)20-21-19-14(16)13-11(2)8-7-9-12(13)3/h7-9H,4-6,10H2,1-3H3. The van der Waals surface area contributed by atoms with E-state index < -0.39 is 12.1 Å². The Hall–Kier alpha value is -2.08. The van der Waals surface area contributed by atoms with Crippen molar-refractivity contribution in [2.45, 2.75) is 40.0 Å². The third kappa shape index (κ3) is 5.83. The summed E-state index contributed by atoms with van der Waals surface area (Å²) in [4.78, 5) is 31.5. The van der Waals surface area contributed by atoms with Crippen molar-refractivity contribution in [2.24, 2.45) is 0 Å². The van der Waals surface area contributed by atoms with Crippen LogP contribution in [0.1, 0.15) is 47.7 Å². The van der Waals surface area contributed by atoms with Gasteiger partial charge in [0.1, 0.15) is 0 Å². The van der Waals surface area contributed by atoms with E-state index in [1.54, 1.807) is 26.0 Å². The summed E-state index contributed by atoms with van der Waals surface area (Å²) in [5.41, 5.74) is 1.86. The first-order chi connectivity index (χ1) is 10.1. The number of ether oxygens (including phenoxy) is 1. The highest BCUT2D eigenvalue weighted by Gasteiger charge is 2.16. The maximum atomic E-state index is 11.8. The van der Waals surface area contributed by atoms with E-state index in [2.05, 4.69) is 14.8 Å². The minimum absolute atomic E-state index is 0.237. The number of hydrogen-bond acceptors (Lipinski definition) is 6. The van der Waals surface area contributed by atoms with E-state index in [0.29, 0.717) is 5.56 Å². The van der Waals surface area contributed by atoms with Gasteiger partial charge in [0.25, 0.3) is 0 Å². The van der Waals surface area contributed by atoms with Gasteiger partial charge in [0.15, 0.2) is 0 Å². The molecule has 0 bridgehead atoms. The Balaban J connectivity index is 2.32. The zero-order valence-corrected chi connectivity index (χ0v) is 12.5. The molecule has 6 nitrogen and oxygen atoms in total. The Labute approximate surface area is 123 Å². The van der Waals surface area contributed by atoms with Crippen LogP contribution in [0.3, 0.4) is 0 Å². The fourth-order valence-corrected chi connectivity index (χ4v) is 1.79. The molecule has 6 heteroatoms. The molecule has 0 aliphatic carbocycles. The summed E-state index contributed by atoms with van der Waals surface area (Å²) in [7, 11) is 0. The van der Waals surface area contributed by atoms with E-state index in [0.717, 1.165) is 30.4 Å². The topological polar surface area (TPSA) is 71.1 Å². The lowest BCUT2D eigenvalue weighted by Crippen LogP contribution is -2.14. The van der Waals surface area contributed by atoms with Crippen molar-refractivity contribution in [2.75, 3.05) is 6.61 Å². The summed E-state index contributed by atoms with van der Waals surface area (Å²) in [6.45, 7) is 5.81. The van der Waals surface area contributed by atoms with E-state index >= 15 is 0 Å². The number of aryl methyl sites for hydroxylation is 2. The highest BCUT2D eigenvalue weighted by Crippen LogP contribution is 2.14. The Morgan fingerprint density at radius 1 is 1.05 bits per heavy atom. The molecule has 0 fully saturated rings. The number of rotatable bonds is 7. The van der Waals surface area contributed by atoms with Crippen molar-refractivity contribution < 1.29 is 29.1 Å². The molecule has 1 rings (SSSR count). The normalized spacial score (nSPS) is 10.0. The fraction of sp³-hybridized carbons (Fsp3) is 0.467. The van der Waals surface area contributed by atoms with Crippen molar-refractivity contribution in [3.63, 3.8) is 0 Å². The molecular weight excluding hydrogens is 276 g/mol. The second-order valence-electron chi connectivity index (χ2n) is 4.59. The molecule has 0 spiro atoms. The van der Waals surface area contributed by atoms with Gasteiger partial charge in [-0.1, -0.05) is 38.0 Å². The molecule has 0 aliphatic rings. The lowest BCUT2D eigenvalue weighted by atomic mass is 10.0. The Morgan fingerprint density at radius 2 is 1.71 bits per heavy atom. The zero-order valence-electron chi connectivity index (χ0n) is 12.5. The van der Waals surface area contributed by atoms with Gasteiger partial charge >= 0.3 is 12.1 Å². The molecular formula is C15H20O6. The van der Waals surface area contributed by atoms with Crippen molar-refractivity contribution in [3.05, 3.63) is 34.9 Å². The quantitative estimate of drug-likeness (QED) is 0.331. The molecule has 116 valence electrons. The van der Waals surface area contributed by atoms with Crippen LogP contribution in [-0.2, 0) is 19.6 Å². The van der Waals surface area contributed by atoms with Crippen LogP contribution >= 0.6 is 0 Å². The summed E-state index contributed by atoms with van der Waals surface area (Å²) in [6, 6.07) is 5.37. The van der Waals surface area contributed by atoms with E-state index in [4.69, 9.17) is 4.74 Å². The van der Waals surface area contributed by atoms with Gasteiger partial charge in [0, 0.05) is 0 Å². The second kappa shape index (κ2) is 8.97. The maximum absolute atomic E-state index is 11.8. The molecule has 0 aromatic heterocycles. The third-order valence-corrected chi connectivity index (χ3v) is 2.86. The van der Waals surface area contributed by atoms with E-state index in [1.807, 2.05) is 13.0 Å². The van der Waals surface area contributed by atoms with Crippen LogP contribution < -0.4 is 0 Å². The van der Waals surface area contributed by atoms with Crippen LogP contribution in [0, 0.1) is 13.8 Å². The first-order valence-corrected chi connectivity index (χ1v) is 6.84. The fourth-order valence-electron chi connectivity index (χ4n) is 1.79. The highest BCUT2D eigenvalue weighted by atomic mass is 17.5. The predicted molar refractivity (Wildman–Crippen MR) is 74.4 cm³/mol. The number of unbranched alkanes of at least 4 members (excludes halogenated alkanes) is 2. The van der Waals surface area contributed by atoms with Gasteiger partial charge in [0.2, 0.25) is 0 Å². The largest absolute Gasteiger partial charge is 0.543 e. The molecule has 0 aliphatic heterocycles. The van der Waals surface area contributed by atoms with Crippen LogP contribution in [0.2, 0.25) is 0 Å². The Morgan fingerprint density at radius 3 is 2.33 bits per heavy atom. The van der Waals surface area contributed by atoms with Gasteiger partial charge in [-0.15, -0.1) is 0 Å². The van der Waals surface area contributed by atoms with Gasteiger partial charge in [-0.2, -0.15) is 0 Å². The van der Waals surface area contributed by atoms with Crippen LogP contribution in [0.5, 0.6) is 0 Å². The summed E-state index contributed by atoms with van der Waals surface area (Å²) < 4.78 is 4.70. The van der Waals surface area contributed by atoms with Crippen LogP contribution in [0.25, 0.3) is 0 Å². The maximum Gasteiger partial charge on any atom is 0.543 e. The van der Waals surface area contributed by atoms with Crippen molar-refractivity contribution in [1.82, 2.24) is 0 Å². The predicted octanol–water partition coefficient (Wildman–Crippen LogP) is 3.65. The summed E-state index contributed by atoms with van der Waals surface area (Å²) in [5, 5.41) is 4.15. The van der Waals surface area contributed by atoms with Crippen molar-refractivity contribution >= 4 is 12.1 Å². The van der Waals surface area contributed by atoms with Crippen LogP contribution in [0.4, 0.5) is 4.79 Å². The van der Waals surface area contributed by atoms with E-state index in [1.165, 1.54) is 0 Å². The molecule has 1 aromatic carbocycles. The first kappa shape index (κ1) is 17.0. The van der Waals surface area contributed by atoms with Crippen molar-refractivity contribution in [1.29, 1.82) is 0 Å². The molecule has 0 N–H and O–H groups in total. The van der Waals surface area contributed by atoms with Crippen LogP contribution in [0.15, 0.2) is 18.2 Å². The Kier molecular flexibility index (Phi) is 7.25. The molecule has 0 heterocycles. The SMILES string of the molecule is CCCCCOC(=O)OOOC(=O)c1c(C)cccc1C.